The lowest BCUT2D eigenvalue weighted by molar-refractivity contribution is 0.501. The fourth-order valence-corrected chi connectivity index (χ4v) is 2.06. The number of benzene rings is 1. The molecule has 21 heavy (non-hydrogen) atoms. The summed E-state index contributed by atoms with van der Waals surface area (Å²) in [5, 5.41) is 6.64. The topological polar surface area (TPSA) is 65.1 Å². The SMILES string of the molecule is CCNC(=NCCc1nc2ccccc2[nH]1)NC(C)(C)C. The van der Waals surface area contributed by atoms with Crippen LogP contribution in [0, 0.1) is 0 Å². The van der Waals surface area contributed by atoms with Gasteiger partial charge in [-0.2, -0.15) is 0 Å². The van der Waals surface area contributed by atoms with Crippen molar-refractivity contribution in [3.63, 3.8) is 0 Å². The van der Waals surface area contributed by atoms with Crippen LogP contribution in [-0.2, 0) is 6.42 Å². The average molecular weight is 287 g/mol. The highest BCUT2D eigenvalue weighted by molar-refractivity contribution is 5.80. The van der Waals surface area contributed by atoms with Crippen LogP contribution >= 0.6 is 0 Å². The zero-order chi connectivity index (χ0) is 15.3. The molecule has 0 aliphatic rings. The van der Waals surface area contributed by atoms with Gasteiger partial charge in [0.2, 0.25) is 0 Å². The number of guanidine groups is 1. The third kappa shape index (κ3) is 4.77. The van der Waals surface area contributed by atoms with E-state index in [2.05, 4.69) is 53.3 Å². The first-order valence-electron chi connectivity index (χ1n) is 7.48. The fourth-order valence-electron chi connectivity index (χ4n) is 2.06. The lowest BCUT2D eigenvalue weighted by Crippen LogP contribution is -2.47. The standard InChI is InChI=1S/C16H25N5/c1-5-17-15(21-16(2,3)4)18-11-10-14-19-12-8-6-7-9-13(12)20-14/h6-9H,5,10-11H2,1-4H3,(H,19,20)(H2,17,18,21). The highest BCUT2D eigenvalue weighted by atomic mass is 15.2. The van der Waals surface area contributed by atoms with Gasteiger partial charge in [-0.1, -0.05) is 12.1 Å². The van der Waals surface area contributed by atoms with Gasteiger partial charge in [-0.3, -0.25) is 4.99 Å². The van der Waals surface area contributed by atoms with E-state index in [0.29, 0.717) is 6.54 Å². The van der Waals surface area contributed by atoms with Crippen molar-refractivity contribution in [2.45, 2.75) is 39.7 Å². The van der Waals surface area contributed by atoms with Crippen molar-refractivity contribution >= 4 is 17.0 Å². The summed E-state index contributed by atoms with van der Waals surface area (Å²) in [6.07, 6.45) is 0.801. The van der Waals surface area contributed by atoms with E-state index in [1.807, 2.05) is 24.3 Å². The number of rotatable bonds is 4. The molecule has 0 spiro atoms. The van der Waals surface area contributed by atoms with Crippen molar-refractivity contribution in [3.8, 4) is 0 Å². The molecule has 0 fully saturated rings. The molecule has 0 bridgehead atoms. The average Bonchev–Trinajstić information content (AvgIpc) is 2.79. The number of hydrogen-bond acceptors (Lipinski definition) is 2. The molecule has 2 rings (SSSR count). The molecule has 1 aromatic carbocycles. The van der Waals surface area contributed by atoms with Gasteiger partial charge in [0.15, 0.2) is 5.96 Å². The van der Waals surface area contributed by atoms with E-state index in [-0.39, 0.29) is 5.54 Å². The summed E-state index contributed by atoms with van der Waals surface area (Å²) in [7, 11) is 0. The van der Waals surface area contributed by atoms with E-state index in [1.165, 1.54) is 0 Å². The van der Waals surface area contributed by atoms with E-state index in [1.54, 1.807) is 0 Å². The van der Waals surface area contributed by atoms with Gasteiger partial charge < -0.3 is 15.6 Å². The Bertz CT molecular complexity index is 573. The van der Waals surface area contributed by atoms with Crippen LogP contribution in [-0.4, -0.2) is 34.6 Å². The van der Waals surface area contributed by atoms with Crippen molar-refractivity contribution < 1.29 is 0 Å². The summed E-state index contributed by atoms with van der Waals surface area (Å²) in [4.78, 5) is 12.5. The van der Waals surface area contributed by atoms with E-state index < -0.39 is 0 Å². The third-order valence-corrected chi connectivity index (χ3v) is 2.89. The normalized spacial score (nSPS) is 12.7. The third-order valence-electron chi connectivity index (χ3n) is 2.89. The predicted octanol–water partition coefficient (Wildman–Crippen LogP) is 2.46. The number of nitrogens with zero attached hydrogens (tertiary/aromatic N) is 2. The van der Waals surface area contributed by atoms with Gasteiger partial charge in [-0.05, 0) is 39.8 Å². The largest absolute Gasteiger partial charge is 0.357 e. The molecule has 0 unspecified atom stereocenters. The van der Waals surface area contributed by atoms with Crippen molar-refractivity contribution in [1.82, 2.24) is 20.6 Å². The molecule has 3 N–H and O–H groups in total. The van der Waals surface area contributed by atoms with Gasteiger partial charge in [-0.25, -0.2) is 4.98 Å². The number of hydrogen-bond donors (Lipinski definition) is 3. The highest BCUT2D eigenvalue weighted by Gasteiger charge is 2.11. The van der Waals surface area contributed by atoms with Crippen molar-refractivity contribution in [1.29, 1.82) is 0 Å². The molecule has 2 aromatic rings. The molecule has 114 valence electrons. The molecule has 5 heteroatoms. The lowest BCUT2D eigenvalue weighted by atomic mass is 10.1. The molecule has 0 atom stereocenters. The van der Waals surface area contributed by atoms with Crippen LogP contribution in [0.3, 0.4) is 0 Å². The number of fused-ring (bicyclic) bond motifs is 1. The quantitative estimate of drug-likeness (QED) is 0.598. The van der Waals surface area contributed by atoms with E-state index in [0.717, 1.165) is 35.8 Å². The molecule has 0 aliphatic carbocycles. The number of imidazole rings is 1. The monoisotopic (exact) mass is 287 g/mol. The highest BCUT2D eigenvalue weighted by Crippen LogP contribution is 2.10. The molecule has 0 saturated carbocycles. The van der Waals surface area contributed by atoms with Crippen LogP contribution in [0.2, 0.25) is 0 Å². The Balaban J connectivity index is 1.98. The van der Waals surface area contributed by atoms with E-state index in [9.17, 15) is 0 Å². The number of para-hydroxylation sites is 2. The Kier molecular flexibility index (Phi) is 4.83. The number of nitrogens with one attached hydrogen (secondary N) is 3. The molecule has 1 aromatic heterocycles. The second kappa shape index (κ2) is 6.61. The summed E-state index contributed by atoms with van der Waals surface area (Å²) in [5.74, 6) is 1.83. The van der Waals surface area contributed by atoms with Crippen LogP contribution in [0.4, 0.5) is 0 Å². The summed E-state index contributed by atoms with van der Waals surface area (Å²) < 4.78 is 0. The Morgan fingerprint density at radius 3 is 2.71 bits per heavy atom. The molecule has 0 aliphatic heterocycles. The maximum absolute atomic E-state index is 4.60. The molecule has 1 heterocycles. The molecule has 0 saturated heterocycles. The molecule has 5 nitrogen and oxygen atoms in total. The second-order valence-corrected chi connectivity index (χ2v) is 6.09. The summed E-state index contributed by atoms with van der Waals surface area (Å²) >= 11 is 0. The van der Waals surface area contributed by atoms with Crippen molar-refractivity contribution in [2.24, 2.45) is 4.99 Å². The molecule has 0 amide bonds. The number of aromatic amines is 1. The van der Waals surface area contributed by atoms with Crippen LogP contribution in [0.25, 0.3) is 11.0 Å². The minimum Gasteiger partial charge on any atom is -0.357 e. The Morgan fingerprint density at radius 1 is 1.29 bits per heavy atom. The van der Waals surface area contributed by atoms with Gasteiger partial charge in [0.25, 0.3) is 0 Å². The van der Waals surface area contributed by atoms with Crippen molar-refractivity contribution in [3.05, 3.63) is 30.1 Å². The van der Waals surface area contributed by atoms with Crippen LogP contribution in [0.1, 0.15) is 33.5 Å². The van der Waals surface area contributed by atoms with Gasteiger partial charge in [0.1, 0.15) is 5.82 Å². The molecule has 0 radical (unpaired) electrons. The first kappa shape index (κ1) is 15.4. The Labute approximate surface area is 126 Å². The Hall–Kier alpha value is -2.04. The number of aromatic nitrogens is 2. The van der Waals surface area contributed by atoms with Crippen LogP contribution in [0.15, 0.2) is 29.3 Å². The summed E-state index contributed by atoms with van der Waals surface area (Å²) in [6, 6.07) is 8.07. The molecular weight excluding hydrogens is 262 g/mol. The van der Waals surface area contributed by atoms with E-state index >= 15 is 0 Å². The smallest absolute Gasteiger partial charge is 0.191 e. The van der Waals surface area contributed by atoms with Gasteiger partial charge in [0, 0.05) is 25.0 Å². The first-order valence-corrected chi connectivity index (χ1v) is 7.48. The maximum atomic E-state index is 4.60. The minimum atomic E-state index is 0.000363. The first-order chi connectivity index (χ1) is 9.98. The lowest BCUT2D eigenvalue weighted by Gasteiger charge is -2.23. The predicted molar refractivity (Wildman–Crippen MR) is 88.7 cm³/mol. The maximum Gasteiger partial charge on any atom is 0.191 e. The summed E-state index contributed by atoms with van der Waals surface area (Å²) in [6.45, 7) is 9.99. The zero-order valence-corrected chi connectivity index (χ0v) is 13.3. The van der Waals surface area contributed by atoms with Crippen LogP contribution < -0.4 is 10.6 Å². The molecular formula is C16H25N5. The van der Waals surface area contributed by atoms with Gasteiger partial charge in [0.05, 0.1) is 11.0 Å². The minimum absolute atomic E-state index is 0.000363. The van der Waals surface area contributed by atoms with Gasteiger partial charge >= 0.3 is 0 Å². The second-order valence-electron chi connectivity index (χ2n) is 6.09. The van der Waals surface area contributed by atoms with Crippen molar-refractivity contribution in [2.75, 3.05) is 13.1 Å². The fraction of sp³-hybridized carbons (Fsp3) is 0.500. The number of aliphatic imine (C=N–C) groups is 1. The van der Waals surface area contributed by atoms with E-state index in [4.69, 9.17) is 0 Å². The Morgan fingerprint density at radius 2 is 2.05 bits per heavy atom. The van der Waals surface area contributed by atoms with Crippen LogP contribution in [0.5, 0.6) is 0 Å². The summed E-state index contributed by atoms with van der Waals surface area (Å²) in [5.41, 5.74) is 2.09. The number of H-pyrrole nitrogens is 1. The van der Waals surface area contributed by atoms with Gasteiger partial charge in [-0.15, -0.1) is 0 Å². The zero-order valence-electron chi connectivity index (χ0n) is 13.3.